The fraction of sp³-hybridized carbons (Fsp3) is 0.500. The molecular formula is C20H18Cl6. The molecule has 2 unspecified atom stereocenters. The van der Waals surface area contributed by atoms with Crippen LogP contribution in [0.2, 0.25) is 0 Å². The molecule has 6 heteroatoms. The van der Waals surface area contributed by atoms with E-state index in [0.29, 0.717) is 19.3 Å². The third-order valence-electron chi connectivity index (χ3n) is 6.05. The average molecular weight is 471 g/mol. The van der Waals surface area contributed by atoms with Gasteiger partial charge >= 0.3 is 0 Å². The topological polar surface area (TPSA) is 0 Å². The van der Waals surface area contributed by atoms with Crippen LogP contribution in [-0.4, -0.2) is 13.5 Å². The molecule has 0 heterocycles. The number of hydrogen-bond donors (Lipinski definition) is 0. The number of allylic oxidation sites excluding steroid dienone is 4. The van der Waals surface area contributed by atoms with Gasteiger partial charge in [-0.05, 0) is 47.5 Å². The smallest absolute Gasteiger partial charge is 0.105 e. The standard InChI is InChI=1S/C20H18Cl6/c21-17(22)9-14-12-5-1-2-6-13(12)16-10-18(23,24)11-20(25,26)19(16)8-4-3-7-15(14)19/h1-3,5-7,16-17H,4,8-11H2. The SMILES string of the molecule is ClC(Cl)CC1=C2C=CCCC23C(CC(Cl)(Cl)CC3(Cl)Cl)c2ccccc21. The molecular weight excluding hydrogens is 453 g/mol. The van der Waals surface area contributed by atoms with Crippen LogP contribution in [-0.2, 0) is 0 Å². The first-order chi connectivity index (χ1) is 12.2. The molecule has 1 spiro atoms. The van der Waals surface area contributed by atoms with Gasteiger partial charge in [0.15, 0.2) is 0 Å². The van der Waals surface area contributed by atoms with Crippen molar-refractivity contribution in [1.29, 1.82) is 0 Å². The number of hydrogen-bond acceptors (Lipinski definition) is 0. The van der Waals surface area contributed by atoms with Gasteiger partial charge in [-0.3, -0.25) is 0 Å². The highest BCUT2D eigenvalue weighted by molar-refractivity contribution is 6.53. The maximum Gasteiger partial charge on any atom is 0.131 e. The fourth-order valence-electron chi connectivity index (χ4n) is 5.16. The van der Waals surface area contributed by atoms with Crippen molar-refractivity contribution in [3.05, 3.63) is 53.1 Å². The molecule has 0 aliphatic heterocycles. The van der Waals surface area contributed by atoms with Gasteiger partial charge in [0.25, 0.3) is 0 Å². The molecule has 1 saturated carbocycles. The summed E-state index contributed by atoms with van der Waals surface area (Å²) in [5.41, 5.74) is 4.17. The summed E-state index contributed by atoms with van der Waals surface area (Å²) in [6.07, 6.45) is 7.59. The zero-order valence-corrected chi connectivity index (χ0v) is 18.5. The first-order valence-corrected chi connectivity index (χ1v) is 11.1. The molecule has 4 rings (SSSR count). The van der Waals surface area contributed by atoms with Crippen LogP contribution in [0.3, 0.4) is 0 Å². The Hall–Kier alpha value is 0.440. The first-order valence-electron chi connectivity index (χ1n) is 8.71. The maximum absolute atomic E-state index is 7.03. The highest BCUT2D eigenvalue weighted by atomic mass is 35.5. The molecule has 0 amide bonds. The molecule has 0 radical (unpaired) electrons. The van der Waals surface area contributed by atoms with Crippen LogP contribution < -0.4 is 0 Å². The van der Waals surface area contributed by atoms with Crippen LogP contribution in [0.5, 0.6) is 0 Å². The minimum absolute atomic E-state index is 0.0465. The van der Waals surface area contributed by atoms with Gasteiger partial charge in [0, 0.05) is 18.3 Å². The summed E-state index contributed by atoms with van der Waals surface area (Å²) >= 11 is 39.7. The Kier molecular flexibility index (Phi) is 5.13. The van der Waals surface area contributed by atoms with E-state index in [9.17, 15) is 0 Å². The lowest BCUT2D eigenvalue weighted by atomic mass is 9.52. The van der Waals surface area contributed by atoms with Gasteiger partial charge < -0.3 is 0 Å². The van der Waals surface area contributed by atoms with Crippen molar-refractivity contribution in [1.82, 2.24) is 0 Å². The zero-order valence-electron chi connectivity index (χ0n) is 13.9. The second-order valence-corrected chi connectivity index (χ2v) is 11.9. The van der Waals surface area contributed by atoms with Gasteiger partial charge in [-0.2, -0.15) is 0 Å². The fourth-order valence-corrected chi connectivity index (χ4v) is 7.56. The summed E-state index contributed by atoms with van der Waals surface area (Å²) in [6, 6.07) is 8.31. The molecule has 0 bridgehead atoms. The van der Waals surface area contributed by atoms with Crippen molar-refractivity contribution in [2.45, 2.75) is 51.5 Å². The molecule has 0 N–H and O–H groups in total. The van der Waals surface area contributed by atoms with Gasteiger partial charge in [0.05, 0.1) is 0 Å². The van der Waals surface area contributed by atoms with E-state index in [1.165, 1.54) is 5.56 Å². The summed E-state index contributed by atoms with van der Waals surface area (Å²) in [5.74, 6) is 0.0465. The first kappa shape index (κ1) is 19.7. The molecule has 26 heavy (non-hydrogen) atoms. The second kappa shape index (κ2) is 6.75. The Morgan fingerprint density at radius 3 is 2.54 bits per heavy atom. The third kappa shape index (κ3) is 2.95. The van der Waals surface area contributed by atoms with E-state index >= 15 is 0 Å². The second-order valence-electron chi connectivity index (χ2n) is 7.48. The quantitative estimate of drug-likeness (QED) is 0.382. The molecule has 140 valence electrons. The minimum Gasteiger partial charge on any atom is -0.105 e. The summed E-state index contributed by atoms with van der Waals surface area (Å²) in [5, 5.41) is 0. The minimum atomic E-state index is -1.08. The predicted octanol–water partition coefficient (Wildman–Crippen LogP) is 8.21. The Morgan fingerprint density at radius 2 is 1.81 bits per heavy atom. The molecule has 1 aromatic rings. The molecule has 0 nitrogen and oxygen atoms in total. The van der Waals surface area contributed by atoms with E-state index in [0.717, 1.165) is 29.6 Å². The zero-order chi connectivity index (χ0) is 18.7. The Balaban J connectivity index is 2.04. The van der Waals surface area contributed by atoms with Crippen LogP contribution >= 0.6 is 69.6 Å². The van der Waals surface area contributed by atoms with E-state index in [4.69, 9.17) is 69.6 Å². The van der Waals surface area contributed by atoms with Gasteiger partial charge in [-0.25, -0.2) is 0 Å². The van der Waals surface area contributed by atoms with E-state index in [-0.39, 0.29) is 5.92 Å². The molecule has 3 aliphatic rings. The van der Waals surface area contributed by atoms with Crippen molar-refractivity contribution < 1.29 is 0 Å². The van der Waals surface area contributed by atoms with Gasteiger partial charge in [0.2, 0.25) is 0 Å². The molecule has 2 atom stereocenters. The van der Waals surface area contributed by atoms with Crippen LogP contribution in [0.15, 0.2) is 42.0 Å². The average Bonchev–Trinajstić information content (AvgIpc) is 2.55. The predicted molar refractivity (Wildman–Crippen MR) is 115 cm³/mol. The Labute approximate surface area is 184 Å². The summed E-state index contributed by atoms with van der Waals surface area (Å²) < 4.78 is -2.04. The highest BCUT2D eigenvalue weighted by Crippen LogP contribution is 2.71. The molecule has 1 fully saturated rings. The third-order valence-corrected chi connectivity index (χ3v) is 7.87. The lowest BCUT2D eigenvalue weighted by Gasteiger charge is -2.59. The van der Waals surface area contributed by atoms with E-state index in [1.54, 1.807) is 0 Å². The number of benzene rings is 1. The lowest BCUT2D eigenvalue weighted by Crippen LogP contribution is -2.55. The van der Waals surface area contributed by atoms with Crippen LogP contribution in [0, 0.1) is 5.41 Å². The largest absolute Gasteiger partial charge is 0.131 e. The Bertz CT molecular complexity index is 791. The van der Waals surface area contributed by atoms with Crippen molar-refractivity contribution in [2.75, 3.05) is 0 Å². The highest BCUT2D eigenvalue weighted by Gasteiger charge is 2.65. The normalized spacial score (nSPS) is 31.4. The van der Waals surface area contributed by atoms with Crippen molar-refractivity contribution in [3.8, 4) is 0 Å². The number of fused-ring (bicyclic) bond motifs is 2. The molecule has 0 saturated heterocycles. The van der Waals surface area contributed by atoms with Gasteiger partial charge in [-0.15, -0.1) is 69.6 Å². The van der Waals surface area contributed by atoms with E-state index < -0.39 is 18.9 Å². The van der Waals surface area contributed by atoms with E-state index in [1.807, 2.05) is 12.1 Å². The monoisotopic (exact) mass is 468 g/mol. The van der Waals surface area contributed by atoms with Gasteiger partial charge in [-0.1, -0.05) is 36.4 Å². The number of rotatable bonds is 2. The van der Waals surface area contributed by atoms with Crippen molar-refractivity contribution in [2.24, 2.45) is 5.41 Å². The maximum atomic E-state index is 7.03. The molecule has 1 aromatic carbocycles. The Morgan fingerprint density at radius 1 is 1.08 bits per heavy atom. The lowest BCUT2D eigenvalue weighted by molar-refractivity contribution is 0.157. The van der Waals surface area contributed by atoms with Gasteiger partial charge in [0.1, 0.15) is 13.5 Å². The summed E-state index contributed by atoms with van der Waals surface area (Å²) in [4.78, 5) is -0.502. The summed E-state index contributed by atoms with van der Waals surface area (Å²) in [6.45, 7) is 0. The molecule has 3 aliphatic carbocycles. The summed E-state index contributed by atoms with van der Waals surface area (Å²) in [7, 11) is 0. The van der Waals surface area contributed by atoms with E-state index in [2.05, 4.69) is 24.3 Å². The number of alkyl halides is 6. The molecule has 0 aromatic heterocycles. The number of halogens is 6. The van der Waals surface area contributed by atoms with Crippen LogP contribution in [0.4, 0.5) is 0 Å². The van der Waals surface area contributed by atoms with Crippen LogP contribution in [0.25, 0.3) is 5.57 Å². The van der Waals surface area contributed by atoms with Crippen LogP contribution in [0.1, 0.15) is 49.1 Å². The van der Waals surface area contributed by atoms with Crippen molar-refractivity contribution in [3.63, 3.8) is 0 Å². The van der Waals surface area contributed by atoms with Crippen molar-refractivity contribution >= 4 is 75.2 Å².